The molecule has 1 aliphatic heterocycles. The van der Waals surface area contributed by atoms with Crippen molar-refractivity contribution in [3.63, 3.8) is 0 Å². The first kappa shape index (κ1) is 49.6. The van der Waals surface area contributed by atoms with Gasteiger partial charge in [0.2, 0.25) is 29.5 Å². The van der Waals surface area contributed by atoms with Gasteiger partial charge in [0.05, 0.1) is 23.8 Å². The molecule has 9 N–H and O–H groups in total. The van der Waals surface area contributed by atoms with Crippen molar-refractivity contribution >= 4 is 53.2 Å². The van der Waals surface area contributed by atoms with Crippen LogP contribution in [0.4, 0.5) is 0 Å². The Bertz CT molecular complexity index is 1670. The summed E-state index contributed by atoms with van der Waals surface area (Å²) in [4.78, 5) is 92.3. The molecule has 58 heavy (non-hydrogen) atoms. The number of carboxylic acids is 2. The van der Waals surface area contributed by atoms with Crippen molar-refractivity contribution in [3.8, 4) is 0 Å². The Morgan fingerprint density at radius 2 is 1.60 bits per heavy atom. The number of nitrogens with one attached hydrogen (secondary N) is 4. The van der Waals surface area contributed by atoms with Crippen molar-refractivity contribution in [2.45, 2.75) is 115 Å². The number of aliphatic hydroxyl groups excluding tert-OH is 1. The molecule has 1 aliphatic rings. The fourth-order valence-corrected chi connectivity index (χ4v) is 7.83. The number of likely N-dealkylation sites (tertiary alicyclic amines) is 1. The van der Waals surface area contributed by atoms with Gasteiger partial charge < -0.3 is 52.1 Å². The van der Waals surface area contributed by atoms with Crippen LogP contribution in [-0.4, -0.2) is 141 Å². The highest BCUT2D eigenvalue weighted by molar-refractivity contribution is 8.00. The third kappa shape index (κ3) is 13.5. The van der Waals surface area contributed by atoms with Crippen LogP contribution in [0.5, 0.6) is 0 Å². The van der Waals surface area contributed by atoms with Crippen LogP contribution >= 0.6 is 11.8 Å². The average molecular weight is 834 g/mol. The quantitative estimate of drug-likeness (QED) is 0.0793. The molecule has 0 aliphatic carbocycles. The maximum atomic E-state index is 14.2. The molecule has 1 aromatic rings. The van der Waals surface area contributed by atoms with Gasteiger partial charge in [0.15, 0.2) is 0 Å². The molecular weight excluding hydrogens is 771 g/mol. The summed E-state index contributed by atoms with van der Waals surface area (Å²) in [6, 6.07) is 4.51. The third-order valence-corrected chi connectivity index (χ3v) is 11.7. The molecule has 324 valence electrons. The van der Waals surface area contributed by atoms with Crippen molar-refractivity contribution in [1.29, 1.82) is 0 Å². The topological polar surface area (TPSA) is 261 Å². The summed E-state index contributed by atoms with van der Waals surface area (Å²) in [7, 11) is 3.27. The van der Waals surface area contributed by atoms with Crippen LogP contribution in [0.3, 0.4) is 0 Å². The molecule has 1 heterocycles. The minimum atomic E-state index is -1.62. The number of carbonyl (C=O) groups is 7. The van der Waals surface area contributed by atoms with Gasteiger partial charge in [-0.15, -0.1) is 0 Å². The summed E-state index contributed by atoms with van der Waals surface area (Å²) < 4.78 is 0. The number of hydrogen-bond acceptors (Lipinski definition) is 11. The predicted octanol–water partition coefficient (Wildman–Crippen LogP) is 0.653. The highest BCUT2D eigenvalue weighted by atomic mass is 32.2. The highest BCUT2D eigenvalue weighted by Gasteiger charge is 2.42. The van der Waals surface area contributed by atoms with Crippen LogP contribution < -0.4 is 27.0 Å². The minimum Gasteiger partial charge on any atom is -0.480 e. The van der Waals surface area contributed by atoms with E-state index in [1.165, 1.54) is 11.8 Å². The zero-order valence-corrected chi connectivity index (χ0v) is 36.0. The number of aliphatic hydroxyl groups is 1. The Kier molecular flexibility index (Phi) is 18.4. The number of nitrogens with two attached hydrogens (primary N) is 1. The number of amides is 5. The maximum absolute atomic E-state index is 14.2. The molecule has 17 nitrogen and oxygen atoms in total. The van der Waals surface area contributed by atoms with Crippen LogP contribution in [0.15, 0.2) is 42.0 Å². The lowest BCUT2D eigenvalue weighted by atomic mass is 9.76. The largest absolute Gasteiger partial charge is 0.480 e. The van der Waals surface area contributed by atoms with E-state index in [9.17, 15) is 43.8 Å². The van der Waals surface area contributed by atoms with E-state index in [-0.39, 0.29) is 42.7 Å². The van der Waals surface area contributed by atoms with E-state index in [0.29, 0.717) is 0 Å². The van der Waals surface area contributed by atoms with E-state index in [2.05, 4.69) is 21.3 Å². The first-order valence-electron chi connectivity index (χ1n) is 19.2. The van der Waals surface area contributed by atoms with Crippen molar-refractivity contribution < 1.29 is 48.9 Å². The number of aliphatic carboxylic acids is 2. The molecule has 1 fully saturated rings. The molecule has 1 aromatic carbocycles. The zero-order valence-electron chi connectivity index (χ0n) is 35.2. The van der Waals surface area contributed by atoms with Crippen LogP contribution in [0, 0.1) is 11.3 Å². The van der Waals surface area contributed by atoms with E-state index in [0.717, 1.165) is 22.2 Å². The predicted molar refractivity (Wildman–Crippen MR) is 220 cm³/mol. The average Bonchev–Trinajstić information content (AvgIpc) is 3.41. The van der Waals surface area contributed by atoms with Crippen LogP contribution in [0.25, 0.3) is 0 Å². The SMILES string of the molecule is CN[C@H](C(=O)N[C@H](C(=O)N(C)[C@H](/C=C(\C)C(=O)N[C@@H](CC(=O)NCCN1C(=O)CC(SC[C@H](N)C(=O)O)C1O)C(=O)O)C(C)C)C(C)(C)C)C(C)(C)c1ccccc1. The van der Waals surface area contributed by atoms with E-state index in [4.69, 9.17) is 10.8 Å². The van der Waals surface area contributed by atoms with Crippen molar-refractivity contribution in [1.82, 2.24) is 31.1 Å². The normalized spacial score (nSPS) is 18.8. The number of thioether (sulfide) groups is 1. The van der Waals surface area contributed by atoms with E-state index < -0.39 is 94.5 Å². The van der Waals surface area contributed by atoms with Gasteiger partial charge in [0.1, 0.15) is 24.4 Å². The van der Waals surface area contributed by atoms with Gasteiger partial charge in [-0.2, -0.15) is 11.8 Å². The molecular formula is C40H63N7O10S. The first-order valence-corrected chi connectivity index (χ1v) is 20.3. The summed E-state index contributed by atoms with van der Waals surface area (Å²) in [5, 5.41) is 39.7. The second kappa shape index (κ2) is 21.5. The lowest BCUT2D eigenvalue weighted by molar-refractivity contribution is -0.143. The van der Waals surface area contributed by atoms with Gasteiger partial charge in [0.25, 0.3) is 0 Å². The van der Waals surface area contributed by atoms with Gasteiger partial charge in [-0.3, -0.25) is 28.8 Å². The molecule has 2 rings (SSSR count). The first-order chi connectivity index (χ1) is 26.8. The molecule has 7 atom stereocenters. The number of carboxylic acid groups (broad SMARTS) is 2. The zero-order chi connectivity index (χ0) is 44.3. The van der Waals surface area contributed by atoms with Gasteiger partial charge in [0, 0.05) is 43.3 Å². The fourth-order valence-electron chi connectivity index (χ4n) is 6.65. The number of benzene rings is 1. The molecule has 5 amide bonds. The minimum absolute atomic E-state index is 0.0116. The van der Waals surface area contributed by atoms with Crippen molar-refractivity contribution in [2.24, 2.45) is 17.1 Å². The van der Waals surface area contributed by atoms with Crippen LogP contribution in [0.2, 0.25) is 0 Å². The molecule has 0 bridgehead atoms. The monoisotopic (exact) mass is 833 g/mol. The molecule has 1 saturated heterocycles. The summed E-state index contributed by atoms with van der Waals surface area (Å²) in [6.07, 6.45) is -0.371. The Morgan fingerprint density at radius 3 is 2.12 bits per heavy atom. The summed E-state index contributed by atoms with van der Waals surface area (Å²) in [5.41, 5.74) is 5.19. The Morgan fingerprint density at radius 1 is 1.00 bits per heavy atom. The van der Waals surface area contributed by atoms with Crippen molar-refractivity contribution in [2.75, 3.05) is 32.9 Å². The van der Waals surface area contributed by atoms with E-state index >= 15 is 0 Å². The van der Waals surface area contributed by atoms with Gasteiger partial charge in [-0.25, -0.2) is 4.79 Å². The van der Waals surface area contributed by atoms with E-state index in [1.54, 1.807) is 20.2 Å². The van der Waals surface area contributed by atoms with Gasteiger partial charge >= 0.3 is 11.9 Å². The molecule has 0 spiro atoms. The second-order valence-corrected chi connectivity index (χ2v) is 17.9. The van der Waals surface area contributed by atoms with E-state index in [1.807, 2.05) is 78.8 Å². The Labute approximate surface area is 345 Å². The molecule has 18 heteroatoms. The van der Waals surface area contributed by atoms with Crippen LogP contribution in [0.1, 0.15) is 73.8 Å². The highest BCUT2D eigenvalue weighted by Crippen LogP contribution is 2.30. The fraction of sp³-hybridized carbons (Fsp3) is 0.625. The van der Waals surface area contributed by atoms with Gasteiger partial charge in [-0.1, -0.05) is 84.9 Å². The van der Waals surface area contributed by atoms with Gasteiger partial charge in [-0.05, 0) is 30.9 Å². The maximum Gasteiger partial charge on any atom is 0.326 e. The number of likely N-dealkylation sites (N-methyl/N-ethyl adjacent to an activating group) is 2. The number of carbonyl (C=O) groups excluding carboxylic acids is 5. The molecule has 0 aromatic heterocycles. The van der Waals surface area contributed by atoms with Crippen LogP contribution in [-0.2, 0) is 39.0 Å². The smallest absolute Gasteiger partial charge is 0.326 e. The summed E-state index contributed by atoms with van der Waals surface area (Å²) in [5.74, 6) is -5.56. The number of hydrogen-bond donors (Lipinski definition) is 8. The summed E-state index contributed by atoms with van der Waals surface area (Å²) >= 11 is 1.06. The Hall–Kier alpha value is -4.52. The number of rotatable bonds is 21. The molecule has 0 radical (unpaired) electrons. The van der Waals surface area contributed by atoms with Crippen molar-refractivity contribution in [3.05, 3.63) is 47.5 Å². The second-order valence-electron chi connectivity index (χ2n) is 16.6. The number of nitrogens with zero attached hydrogens (tertiary/aromatic N) is 2. The molecule has 2 unspecified atom stereocenters. The molecule has 0 saturated carbocycles. The standard InChI is InChI=1S/C40H63N7O10S/c1-22(2)27(46(10)36(53)32(39(4,5)6)45-34(51)31(42-9)40(7,8)24-14-12-11-13-15-24)18-23(3)33(50)44-26(38(56)57)19-29(48)43-16-17-47-30(49)20-28(35(47)52)58-21-25(41)37(54)55/h11-15,18,22,25-28,31-32,35,42,52H,16-17,19-21,41H2,1-10H3,(H,43,48)(H,44,50)(H,45,51)(H,54,55)(H,56,57)/b23-18+/t25-,26-,27+,28?,31+,32+,35?/m0/s1. The third-order valence-electron chi connectivity index (χ3n) is 10.3. The lowest BCUT2D eigenvalue weighted by Gasteiger charge is -2.40. The lowest BCUT2D eigenvalue weighted by Crippen LogP contribution is -2.61. The summed E-state index contributed by atoms with van der Waals surface area (Å²) in [6.45, 7) is 14.4. The Balaban J connectivity index is 2.11.